The molecule has 0 spiro atoms. The Morgan fingerprint density at radius 1 is 1.06 bits per heavy atom. The average molecular weight is 447 g/mol. The third-order valence-corrected chi connectivity index (χ3v) is 6.34. The predicted molar refractivity (Wildman–Crippen MR) is 126 cm³/mol. The number of rotatable bonds is 9. The van der Waals surface area contributed by atoms with Gasteiger partial charge in [-0.05, 0) is 91.6 Å². The normalized spacial score (nSPS) is 16.6. The SMILES string of the molecule is Cc1ccc(CCCCNC(=O)C=C[C@@H]2CC2(c2cccc(F)c2)c2cccc(F)c2)cn1. The molecule has 4 rings (SSSR count). The lowest BCUT2D eigenvalue weighted by atomic mass is 9.85. The van der Waals surface area contributed by atoms with Gasteiger partial charge in [-0.3, -0.25) is 9.78 Å². The molecule has 1 atom stereocenters. The minimum Gasteiger partial charge on any atom is -0.353 e. The Labute approximate surface area is 193 Å². The van der Waals surface area contributed by atoms with Crippen LogP contribution in [0.4, 0.5) is 8.78 Å². The smallest absolute Gasteiger partial charge is 0.243 e. The van der Waals surface area contributed by atoms with Crippen LogP contribution in [0.15, 0.2) is 79.0 Å². The molecule has 1 saturated carbocycles. The Bertz CT molecular complexity index is 1100. The van der Waals surface area contributed by atoms with Gasteiger partial charge < -0.3 is 5.32 Å². The maximum Gasteiger partial charge on any atom is 0.243 e. The van der Waals surface area contributed by atoms with Crippen LogP contribution in [0, 0.1) is 24.5 Å². The molecule has 3 aromatic rings. The summed E-state index contributed by atoms with van der Waals surface area (Å²) in [4.78, 5) is 16.6. The summed E-state index contributed by atoms with van der Waals surface area (Å²) in [5, 5.41) is 2.92. The standard InChI is InChI=1S/C28H28F2N2O/c1-20-11-12-21(19-32-20)6-2-3-15-31-27(33)14-13-24-18-28(24,22-7-4-9-25(29)16-22)23-8-5-10-26(30)17-23/h4-5,7-14,16-17,19,24H,2-3,6,15,18H2,1H3,(H,31,33)/t24-/m1/s1. The molecule has 1 aliphatic carbocycles. The largest absolute Gasteiger partial charge is 0.353 e. The van der Waals surface area contributed by atoms with Gasteiger partial charge in [0.15, 0.2) is 0 Å². The van der Waals surface area contributed by atoms with Gasteiger partial charge in [0.1, 0.15) is 11.6 Å². The van der Waals surface area contributed by atoms with E-state index in [2.05, 4.69) is 16.4 Å². The first-order chi connectivity index (χ1) is 16.0. The van der Waals surface area contributed by atoms with E-state index in [1.807, 2.05) is 37.4 Å². The Morgan fingerprint density at radius 3 is 2.36 bits per heavy atom. The molecule has 170 valence electrons. The van der Waals surface area contributed by atoms with Crippen LogP contribution in [0.25, 0.3) is 0 Å². The monoisotopic (exact) mass is 446 g/mol. The predicted octanol–water partition coefficient (Wildman–Crippen LogP) is 5.67. The van der Waals surface area contributed by atoms with E-state index in [4.69, 9.17) is 0 Å². The van der Waals surface area contributed by atoms with Crippen molar-refractivity contribution in [2.45, 2.75) is 38.0 Å². The van der Waals surface area contributed by atoms with Crippen LogP contribution in [0.3, 0.4) is 0 Å². The number of hydrogen-bond acceptors (Lipinski definition) is 2. The molecule has 1 heterocycles. The van der Waals surface area contributed by atoms with Crippen molar-refractivity contribution in [1.82, 2.24) is 10.3 Å². The van der Waals surface area contributed by atoms with E-state index in [0.717, 1.165) is 36.1 Å². The van der Waals surface area contributed by atoms with Crippen molar-refractivity contribution in [2.75, 3.05) is 6.54 Å². The van der Waals surface area contributed by atoms with Crippen LogP contribution in [0.5, 0.6) is 0 Å². The van der Waals surface area contributed by atoms with Crippen LogP contribution in [-0.4, -0.2) is 17.4 Å². The zero-order valence-electron chi connectivity index (χ0n) is 18.7. The summed E-state index contributed by atoms with van der Waals surface area (Å²) in [7, 11) is 0. The number of aromatic nitrogens is 1. The fourth-order valence-electron chi connectivity index (χ4n) is 4.46. The van der Waals surface area contributed by atoms with Crippen LogP contribution in [-0.2, 0) is 16.6 Å². The van der Waals surface area contributed by atoms with E-state index in [-0.39, 0.29) is 23.5 Å². The molecule has 1 aromatic heterocycles. The van der Waals surface area contributed by atoms with Gasteiger partial charge in [-0.15, -0.1) is 0 Å². The van der Waals surface area contributed by atoms with E-state index in [1.165, 1.54) is 29.8 Å². The second kappa shape index (κ2) is 10.1. The molecule has 0 bridgehead atoms. The van der Waals surface area contributed by atoms with Crippen molar-refractivity contribution in [3.05, 3.63) is 113 Å². The molecule has 0 radical (unpaired) electrons. The number of allylic oxidation sites excluding steroid dienone is 1. The molecule has 2 aromatic carbocycles. The van der Waals surface area contributed by atoms with Crippen molar-refractivity contribution < 1.29 is 13.6 Å². The first-order valence-electron chi connectivity index (χ1n) is 11.4. The lowest BCUT2D eigenvalue weighted by Gasteiger charge is -2.18. The number of carbonyl (C=O) groups excluding carboxylic acids is 1. The maximum absolute atomic E-state index is 13.9. The van der Waals surface area contributed by atoms with Crippen LogP contribution < -0.4 is 5.32 Å². The van der Waals surface area contributed by atoms with Gasteiger partial charge in [-0.25, -0.2) is 8.78 Å². The van der Waals surface area contributed by atoms with Gasteiger partial charge in [0.05, 0.1) is 0 Å². The van der Waals surface area contributed by atoms with Crippen molar-refractivity contribution in [3.63, 3.8) is 0 Å². The Kier molecular flexibility index (Phi) is 6.97. The minimum absolute atomic E-state index is 0.000822. The second-order valence-corrected chi connectivity index (χ2v) is 8.72. The topological polar surface area (TPSA) is 42.0 Å². The van der Waals surface area contributed by atoms with Gasteiger partial charge in [0.25, 0.3) is 0 Å². The molecule has 5 heteroatoms. The maximum atomic E-state index is 13.9. The fraction of sp³-hybridized carbons (Fsp3) is 0.286. The summed E-state index contributed by atoms with van der Waals surface area (Å²) in [5.74, 6) is -0.790. The number of pyridine rings is 1. The summed E-state index contributed by atoms with van der Waals surface area (Å²) in [6.45, 7) is 2.57. The number of hydrogen-bond donors (Lipinski definition) is 1. The fourth-order valence-corrected chi connectivity index (χ4v) is 4.46. The van der Waals surface area contributed by atoms with E-state index >= 15 is 0 Å². The number of halogens is 2. The summed E-state index contributed by atoms with van der Waals surface area (Å²) in [5.41, 5.74) is 3.30. The van der Waals surface area contributed by atoms with Crippen molar-refractivity contribution in [1.29, 1.82) is 0 Å². The summed E-state index contributed by atoms with van der Waals surface area (Å²) in [6.07, 6.45) is 8.81. The number of carbonyl (C=O) groups is 1. The Hall–Kier alpha value is -3.34. The molecule has 1 fully saturated rings. The lowest BCUT2D eigenvalue weighted by Crippen LogP contribution is -2.22. The number of aryl methyl sites for hydroxylation is 2. The summed E-state index contributed by atoms with van der Waals surface area (Å²) in [6, 6.07) is 17.0. The third kappa shape index (κ3) is 5.54. The van der Waals surface area contributed by atoms with Gasteiger partial charge in [0.2, 0.25) is 5.91 Å². The number of nitrogens with zero attached hydrogens (tertiary/aromatic N) is 1. The van der Waals surface area contributed by atoms with Crippen LogP contribution in [0.1, 0.15) is 41.6 Å². The molecular formula is C28H28F2N2O. The zero-order valence-corrected chi connectivity index (χ0v) is 18.7. The third-order valence-electron chi connectivity index (χ3n) is 6.34. The van der Waals surface area contributed by atoms with Crippen molar-refractivity contribution in [3.8, 4) is 0 Å². The highest BCUT2D eigenvalue weighted by molar-refractivity contribution is 5.87. The highest BCUT2D eigenvalue weighted by Gasteiger charge is 2.55. The molecule has 0 unspecified atom stereocenters. The lowest BCUT2D eigenvalue weighted by molar-refractivity contribution is -0.116. The summed E-state index contributed by atoms with van der Waals surface area (Å²) >= 11 is 0. The van der Waals surface area contributed by atoms with E-state index in [1.54, 1.807) is 18.2 Å². The zero-order chi connectivity index (χ0) is 23.3. The summed E-state index contributed by atoms with van der Waals surface area (Å²) < 4.78 is 27.9. The molecule has 3 nitrogen and oxygen atoms in total. The highest BCUT2D eigenvalue weighted by atomic mass is 19.1. The van der Waals surface area contributed by atoms with Crippen LogP contribution in [0.2, 0.25) is 0 Å². The van der Waals surface area contributed by atoms with E-state index in [9.17, 15) is 13.6 Å². The van der Waals surface area contributed by atoms with E-state index in [0.29, 0.717) is 13.0 Å². The molecule has 1 N–H and O–H groups in total. The van der Waals surface area contributed by atoms with Gasteiger partial charge in [-0.2, -0.15) is 0 Å². The van der Waals surface area contributed by atoms with Crippen molar-refractivity contribution in [2.24, 2.45) is 5.92 Å². The van der Waals surface area contributed by atoms with Gasteiger partial charge >= 0.3 is 0 Å². The molecule has 1 amide bonds. The quantitative estimate of drug-likeness (QED) is 0.340. The minimum atomic E-state index is -0.511. The number of benzene rings is 2. The van der Waals surface area contributed by atoms with Crippen LogP contribution >= 0.6 is 0 Å². The molecule has 1 aliphatic rings. The molecular weight excluding hydrogens is 418 g/mol. The molecule has 33 heavy (non-hydrogen) atoms. The molecule has 0 saturated heterocycles. The number of unbranched alkanes of at least 4 members (excludes halogenated alkanes) is 1. The Balaban J connectivity index is 1.33. The highest BCUT2D eigenvalue weighted by Crippen LogP contribution is 2.59. The number of amides is 1. The second-order valence-electron chi connectivity index (χ2n) is 8.72. The first-order valence-corrected chi connectivity index (χ1v) is 11.4. The molecule has 0 aliphatic heterocycles. The average Bonchev–Trinajstić information content (AvgIpc) is 3.54. The van der Waals surface area contributed by atoms with Crippen molar-refractivity contribution >= 4 is 5.91 Å². The number of nitrogens with one attached hydrogen (secondary N) is 1. The first kappa shape index (κ1) is 22.8. The van der Waals surface area contributed by atoms with Gasteiger partial charge in [0, 0.05) is 23.9 Å². The Morgan fingerprint density at radius 2 is 1.76 bits per heavy atom. The van der Waals surface area contributed by atoms with E-state index < -0.39 is 5.41 Å². The van der Waals surface area contributed by atoms with Gasteiger partial charge in [-0.1, -0.05) is 36.4 Å².